The summed E-state index contributed by atoms with van der Waals surface area (Å²) in [6.45, 7) is 6.21. The summed E-state index contributed by atoms with van der Waals surface area (Å²) < 4.78 is 6.03. The van der Waals surface area contributed by atoms with Crippen LogP contribution in [0.25, 0.3) is 0 Å². The summed E-state index contributed by atoms with van der Waals surface area (Å²) >= 11 is 6.15. The predicted molar refractivity (Wildman–Crippen MR) is 150 cm³/mol. The molecular formula is C30H40ClN3O4. The van der Waals surface area contributed by atoms with E-state index in [-0.39, 0.29) is 18.6 Å². The second kappa shape index (κ2) is 13.9. The molecule has 0 unspecified atom stereocenters. The monoisotopic (exact) mass is 541 g/mol. The van der Waals surface area contributed by atoms with Crippen molar-refractivity contribution in [2.45, 2.75) is 70.9 Å². The van der Waals surface area contributed by atoms with Crippen molar-refractivity contribution in [1.29, 1.82) is 0 Å². The normalized spacial score (nSPS) is 19.6. The van der Waals surface area contributed by atoms with Crippen LogP contribution in [0.3, 0.4) is 0 Å². The van der Waals surface area contributed by atoms with Gasteiger partial charge in [0.1, 0.15) is 6.04 Å². The van der Waals surface area contributed by atoms with Gasteiger partial charge in [0.05, 0.1) is 31.4 Å². The number of benzene rings is 2. The molecule has 1 saturated heterocycles. The van der Waals surface area contributed by atoms with Crippen LogP contribution in [-0.2, 0) is 27.4 Å². The predicted octanol–water partition coefficient (Wildman–Crippen LogP) is 3.87. The van der Waals surface area contributed by atoms with Gasteiger partial charge in [-0.2, -0.15) is 0 Å². The van der Waals surface area contributed by atoms with Crippen LogP contribution < -0.4 is 11.1 Å². The van der Waals surface area contributed by atoms with Crippen molar-refractivity contribution in [1.82, 2.24) is 10.2 Å². The summed E-state index contributed by atoms with van der Waals surface area (Å²) in [5, 5.41) is 13.7. The number of nitrogens with zero attached hydrogens (tertiary/aromatic N) is 1. The topological polar surface area (TPSA) is 105 Å². The number of nitrogens with two attached hydrogens (primary N) is 1. The first-order valence-electron chi connectivity index (χ1n) is 13.2. The molecule has 1 fully saturated rings. The summed E-state index contributed by atoms with van der Waals surface area (Å²) in [4.78, 5) is 28.1. The number of carbonyl (C=O) groups excluding carboxylic acids is 2. The van der Waals surface area contributed by atoms with Crippen molar-refractivity contribution in [3.63, 3.8) is 0 Å². The maximum Gasteiger partial charge on any atom is 0.248 e. The van der Waals surface area contributed by atoms with Gasteiger partial charge >= 0.3 is 0 Å². The van der Waals surface area contributed by atoms with Crippen LogP contribution in [0.1, 0.15) is 44.7 Å². The number of amides is 2. The number of nitrogens with one attached hydrogen (secondary N) is 1. The van der Waals surface area contributed by atoms with Crippen LogP contribution >= 0.6 is 11.6 Å². The zero-order valence-corrected chi connectivity index (χ0v) is 23.2. The lowest BCUT2D eigenvalue weighted by molar-refractivity contribution is -0.141. The number of halogens is 1. The lowest BCUT2D eigenvalue weighted by Crippen LogP contribution is -2.57. The van der Waals surface area contributed by atoms with Gasteiger partial charge < -0.3 is 25.8 Å². The van der Waals surface area contributed by atoms with Crippen LogP contribution in [0.2, 0.25) is 5.02 Å². The van der Waals surface area contributed by atoms with Gasteiger partial charge in [-0.25, -0.2) is 0 Å². The number of rotatable bonds is 12. The molecular weight excluding hydrogens is 502 g/mol. The third-order valence-electron chi connectivity index (χ3n) is 6.96. The van der Waals surface area contributed by atoms with Gasteiger partial charge in [-0.05, 0) is 56.4 Å². The van der Waals surface area contributed by atoms with E-state index in [2.05, 4.69) is 5.32 Å². The van der Waals surface area contributed by atoms with E-state index in [1.165, 1.54) is 0 Å². The summed E-state index contributed by atoms with van der Waals surface area (Å²) in [6.07, 6.45) is 5.69. The van der Waals surface area contributed by atoms with Gasteiger partial charge in [0.15, 0.2) is 0 Å². The number of hydrogen-bond donors (Lipinski definition) is 3. The molecule has 1 heterocycles. The van der Waals surface area contributed by atoms with Gasteiger partial charge in [-0.15, -0.1) is 0 Å². The lowest BCUT2D eigenvalue weighted by atomic mass is 9.83. The Bertz CT molecular complexity index is 1090. The lowest BCUT2D eigenvalue weighted by Gasteiger charge is -2.32. The number of hydrogen-bond acceptors (Lipinski definition) is 5. The smallest absolute Gasteiger partial charge is 0.248 e. The van der Waals surface area contributed by atoms with Gasteiger partial charge in [0.25, 0.3) is 0 Å². The second-order valence-corrected chi connectivity index (χ2v) is 10.9. The molecule has 0 radical (unpaired) electrons. The third kappa shape index (κ3) is 8.40. The van der Waals surface area contributed by atoms with Crippen LogP contribution in [-0.4, -0.2) is 59.2 Å². The summed E-state index contributed by atoms with van der Waals surface area (Å²) in [7, 11) is 0. The maximum atomic E-state index is 13.8. The average molecular weight is 542 g/mol. The molecule has 5 atom stereocenters. The first-order chi connectivity index (χ1) is 18.1. The molecule has 8 heteroatoms. The largest absolute Gasteiger partial charge is 0.395 e. The van der Waals surface area contributed by atoms with Crippen molar-refractivity contribution in [2.24, 2.45) is 11.1 Å². The molecule has 2 aromatic carbocycles. The molecule has 0 saturated carbocycles. The fourth-order valence-electron chi connectivity index (χ4n) is 4.63. The van der Waals surface area contributed by atoms with Gasteiger partial charge in [-0.3, -0.25) is 9.59 Å². The molecule has 206 valence electrons. The molecule has 1 aliphatic heterocycles. The number of aliphatic hydroxyl groups is 1. The van der Waals surface area contributed by atoms with Crippen molar-refractivity contribution < 1.29 is 19.4 Å². The zero-order chi connectivity index (χ0) is 27.7. The molecule has 2 amide bonds. The highest BCUT2D eigenvalue weighted by Crippen LogP contribution is 2.28. The van der Waals surface area contributed by atoms with E-state index in [9.17, 15) is 14.7 Å². The van der Waals surface area contributed by atoms with E-state index in [0.717, 1.165) is 24.0 Å². The van der Waals surface area contributed by atoms with Gasteiger partial charge in [0.2, 0.25) is 11.8 Å². The quantitative estimate of drug-likeness (QED) is 0.354. The van der Waals surface area contributed by atoms with E-state index >= 15 is 0 Å². The standard InChI is InChI=1S/C30H40ClN3O4/c1-21(32)28(36)33-27(22(2)38-19-23-9-5-4-6-10-23)29(37)34-16-8-13-26(34)14-15-30(3,20-35)18-24-11-7-12-25(31)17-24/h4-7,9-12,14-15,17,21-22,26-27,35H,8,13,16,18-20,32H2,1-3H3,(H,33,36)/b15-14+/t21-,22+,26-,27-,30-/m0/s1. The van der Waals surface area contributed by atoms with Crippen LogP contribution in [0.4, 0.5) is 0 Å². The van der Waals surface area contributed by atoms with Gasteiger partial charge in [-0.1, -0.05) is 73.1 Å². The minimum absolute atomic E-state index is 0.0475. The fraction of sp³-hybridized carbons (Fsp3) is 0.467. The van der Waals surface area contributed by atoms with Crippen molar-refractivity contribution in [2.75, 3.05) is 13.2 Å². The summed E-state index contributed by atoms with van der Waals surface area (Å²) in [5.41, 5.74) is 7.29. The van der Waals surface area contributed by atoms with Crippen molar-refractivity contribution in [3.8, 4) is 0 Å². The Balaban J connectivity index is 1.74. The first kappa shape index (κ1) is 29.8. The number of carbonyl (C=O) groups is 2. The van der Waals surface area contributed by atoms with Crippen LogP contribution in [0, 0.1) is 5.41 Å². The Morgan fingerprint density at radius 3 is 2.58 bits per heavy atom. The summed E-state index contributed by atoms with van der Waals surface area (Å²) in [6, 6.07) is 15.5. The van der Waals surface area contributed by atoms with E-state index < -0.39 is 29.5 Å². The fourth-order valence-corrected chi connectivity index (χ4v) is 4.84. The second-order valence-electron chi connectivity index (χ2n) is 10.5. The molecule has 0 bridgehead atoms. The third-order valence-corrected chi connectivity index (χ3v) is 7.20. The maximum absolute atomic E-state index is 13.8. The average Bonchev–Trinajstić information content (AvgIpc) is 3.38. The minimum Gasteiger partial charge on any atom is -0.395 e. The number of likely N-dealkylation sites (tertiary alicyclic amines) is 1. The van der Waals surface area contributed by atoms with E-state index in [1.807, 2.05) is 73.7 Å². The van der Waals surface area contributed by atoms with E-state index in [0.29, 0.717) is 24.6 Å². The Kier molecular flexibility index (Phi) is 10.9. The number of aliphatic hydroxyl groups excluding tert-OH is 1. The zero-order valence-electron chi connectivity index (χ0n) is 22.5. The van der Waals surface area contributed by atoms with E-state index in [1.54, 1.807) is 18.7 Å². The molecule has 0 aromatic heterocycles. The SMILES string of the molecule is C[C@H](N)C(=O)N[C@H](C(=O)N1CCC[C@H]1/C=C/[C@](C)(CO)Cc1cccc(Cl)c1)[C@@H](C)OCc1ccccc1. The van der Waals surface area contributed by atoms with Crippen molar-refractivity contribution >= 4 is 23.4 Å². The molecule has 2 aromatic rings. The summed E-state index contributed by atoms with van der Waals surface area (Å²) in [5.74, 6) is -0.605. The number of ether oxygens (including phenoxy) is 1. The Hall–Kier alpha value is -2.71. The minimum atomic E-state index is -0.873. The highest BCUT2D eigenvalue weighted by molar-refractivity contribution is 6.30. The van der Waals surface area contributed by atoms with Crippen LogP contribution in [0.5, 0.6) is 0 Å². The molecule has 4 N–H and O–H groups in total. The Morgan fingerprint density at radius 2 is 1.92 bits per heavy atom. The van der Waals surface area contributed by atoms with Crippen molar-refractivity contribution in [3.05, 3.63) is 82.9 Å². The molecule has 3 rings (SSSR count). The highest BCUT2D eigenvalue weighted by Gasteiger charge is 2.37. The van der Waals surface area contributed by atoms with Crippen LogP contribution in [0.15, 0.2) is 66.7 Å². The molecule has 0 spiro atoms. The van der Waals surface area contributed by atoms with E-state index in [4.69, 9.17) is 22.1 Å². The van der Waals surface area contributed by atoms with Gasteiger partial charge in [0, 0.05) is 17.0 Å². The Morgan fingerprint density at radius 1 is 1.21 bits per heavy atom. The molecule has 7 nitrogen and oxygen atoms in total. The first-order valence-corrected chi connectivity index (χ1v) is 13.6. The molecule has 1 aliphatic rings. The Labute approximate surface area is 231 Å². The molecule has 0 aliphatic carbocycles. The highest BCUT2D eigenvalue weighted by atomic mass is 35.5. The molecule has 38 heavy (non-hydrogen) atoms.